The number of carbonyl (C=O) groups excluding carboxylic acids is 2. The Morgan fingerprint density at radius 1 is 0.857 bits per heavy atom. The van der Waals surface area contributed by atoms with Crippen molar-refractivity contribution in [3.8, 4) is 0 Å². The molecule has 35 heavy (non-hydrogen) atoms. The molecule has 0 aliphatic carbocycles. The molecule has 0 saturated carbocycles. The third-order valence-corrected chi connectivity index (χ3v) is 5.58. The van der Waals surface area contributed by atoms with Crippen LogP contribution in [-0.2, 0) is 6.54 Å². The first-order valence-electron chi connectivity index (χ1n) is 10.6. The topological polar surface area (TPSA) is 87.2 Å². The van der Waals surface area contributed by atoms with Crippen LogP contribution in [-0.4, -0.2) is 28.8 Å². The highest BCUT2D eigenvalue weighted by Gasteiger charge is 2.16. The molecule has 2 heterocycles. The van der Waals surface area contributed by atoms with Crippen LogP contribution in [0.2, 0.25) is 10.0 Å². The van der Waals surface area contributed by atoms with Crippen molar-refractivity contribution in [1.82, 2.24) is 9.97 Å². The van der Waals surface area contributed by atoms with E-state index >= 15 is 0 Å². The minimum atomic E-state index is -0.467. The molecule has 0 unspecified atom stereocenters. The van der Waals surface area contributed by atoms with E-state index in [2.05, 4.69) is 20.6 Å². The summed E-state index contributed by atoms with van der Waals surface area (Å²) in [5.41, 5.74) is 2.01. The van der Waals surface area contributed by atoms with Crippen molar-refractivity contribution in [3.63, 3.8) is 0 Å². The highest BCUT2D eigenvalue weighted by molar-refractivity contribution is 6.31. The Labute approximate surface area is 212 Å². The summed E-state index contributed by atoms with van der Waals surface area (Å²) >= 11 is 12.0. The number of amides is 2. The second kappa shape index (κ2) is 11.0. The summed E-state index contributed by atoms with van der Waals surface area (Å²) in [6.07, 6.45) is 3.17. The predicted octanol–water partition coefficient (Wildman–Crippen LogP) is 5.92. The molecule has 0 bridgehead atoms. The number of carbonyl (C=O) groups is 2. The molecule has 0 radical (unpaired) electrons. The lowest BCUT2D eigenvalue weighted by Crippen LogP contribution is -2.19. The summed E-state index contributed by atoms with van der Waals surface area (Å²) in [6.45, 7) is 0.638. The van der Waals surface area contributed by atoms with Gasteiger partial charge < -0.3 is 15.5 Å². The second-order valence-electron chi connectivity index (χ2n) is 7.70. The zero-order valence-electron chi connectivity index (χ0n) is 18.7. The maximum absolute atomic E-state index is 12.9. The summed E-state index contributed by atoms with van der Waals surface area (Å²) in [5.74, 6) is 0.362. The maximum atomic E-state index is 12.9. The van der Waals surface area contributed by atoms with Crippen LogP contribution in [0.1, 0.15) is 26.3 Å². The molecule has 9 heteroatoms. The number of aromatic nitrogens is 2. The first-order valence-corrected chi connectivity index (χ1v) is 11.4. The average molecular weight is 506 g/mol. The summed E-state index contributed by atoms with van der Waals surface area (Å²) in [7, 11) is 1.95. The molecule has 0 fully saturated rings. The molecule has 4 aromatic rings. The molecule has 0 saturated heterocycles. The molecule has 2 aromatic carbocycles. The fraction of sp³-hybridized carbons (Fsp3) is 0.0769. The molecule has 0 spiro atoms. The molecule has 0 atom stereocenters. The van der Waals surface area contributed by atoms with Crippen molar-refractivity contribution in [2.24, 2.45) is 0 Å². The highest BCUT2D eigenvalue weighted by atomic mass is 35.5. The van der Waals surface area contributed by atoms with Gasteiger partial charge in [0.05, 0.1) is 16.3 Å². The summed E-state index contributed by atoms with van der Waals surface area (Å²) in [6, 6.07) is 20.9. The van der Waals surface area contributed by atoms with Gasteiger partial charge in [0, 0.05) is 36.6 Å². The first-order chi connectivity index (χ1) is 16.9. The van der Waals surface area contributed by atoms with E-state index in [0.717, 1.165) is 11.4 Å². The lowest BCUT2D eigenvalue weighted by molar-refractivity contribution is 0.102. The van der Waals surface area contributed by atoms with Crippen LogP contribution in [0, 0.1) is 0 Å². The molecule has 2 amide bonds. The Morgan fingerprint density at radius 2 is 1.63 bits per heavy atom. The zero-order chi connectivity index (χ0) is 24.8. The van der Waals surface area contributed by atoms with Crippen LogP contribution in [0.25, 0.3) is 0 Å². The Hall–Kier alpha value is -3.94. The van der Waals surface area contributed by atoms with E-state index in [1.165, 1.54) is 12.3 Å². The quantitative estimate of drug-likeness (QED) is 0.325. The van der Waals surface area contributed by atoms with Crippen molar-refractivity contribution in [2.45, 2.75) is 6.54 Å². The molecule has 2 N–H and O–H groups in total. The average Bonchev–Trinajstić information content (AvgIpc) is 2.87. The summed E-state index contributed by atoms with van der Waals surface area (Å²) in [5, 5.41) is 6.28. The fourth-order valence-electron chi connectivity index (χ4n) is 3.34. The Kier molecular flexibility index (Phi) is 7.60. The summed E-state index contributed by atoms with van der Waals surface area (Å²) in [4.78, 5) is 36.2. The van der Waals surface area contributed by atoms with Gasteiger partial charge in [-0.1, -0.05) is 41.4 Å². The number of anilines is 3. The van der Waals surface area contributed by atoms with Gasteiger partial charge in [-0.25, -0.2) is 9.97 Å². The third kappa shape index (κ3) is 6.35. The molecule has 7 nitrogen and oxygen atoms in total. The molecule has 0 aliphatic heterocycles. The second-order valence-corrected chi connectivity index (χ2v) is 8.57. The van der Waals surface area contributed by atoms with Crippen LogP contribution >= 0.6 is 23.2 Å². The van der Waals surface area contributed by atoms with E-state index < -0.39 is 5.91 Å². The fourth-order valence-corrected chi connectivity index (χ4v) is 3.62. The molecule has 2 aromatic heterocycles. The monoisotopic (exact) mass is 505 g/mol. The van der Waals surface area contributed by atoms with E-state index in [0.29, 0.717) is 33.7 Å². The predicted molar refractivity (Wildman–Crippen MR) is 139 cm³/mol. The third-order valence-electron chi connectivity index (χ3n) is 5.12. The minimum Gasteiger partial charge on any atom is -0.355 e. The standard InChI is InChI=1S/C26H21Cl2N5O2/c1-33(24-4-2-3-13-29-24)16-17-5-7-18(8-6-17)25(34)31-22-11-9-19(27)14-21(22)26(35)32-23-12-10-20(28)15-30-23/h2-15H,16H2,1H3,(H,31,34)(H,30,32,35). The Balaban J connectivity index is 1.45. The van der Waals surface area contributed by atoms with E-state index in [9.17, 15) is 9.59 Å². The zero-order valence-corrected chi connectivity index (χ0v) is 20.2. The lowest BCUT2D eigenvalue weighted by Gasteiger charge is -2.18. The van der Waals surface area contributed by atoms with Gasteiger partial charge in [-0.3, -0.25) is 9.59 Å². The van der Waals surface area contributed by atoms with Crippen LogP contribution < -0.4 is 15.5 Å². The smallest absolute Gasteiger partial charge is 0.258 e. The number of benzene rings is 2. The van der Waals surface area contributed by atoms with E-state index in [1.54, 1.807) is 42.6 Å². The molecule has 0 aliphatic rings. The molecular weight excluding hydrogens is 485 g/mol. The van der Waals surface area contributed by atoms with Gasteiger partial charge in [-0.15, -0.1) is 0 Å². The van der Waals surface area contributed by atoms with E-state index in [1.807, 2.05) is 42.3 Å². The van der Waals surface area contributed by atoms with Gasteiger partial charge in [0.15, 0.2) is 0 Å². The van der Waals surface area contributed by atoms with E-state index in [-0.39, 0.29) is 11.5 Å². The number of hydrogen-bond donors (Lipinski definition) is 2. The van der Waals surface area contributed by atoms with Gasteiger partial charge in [0.25, 0.3) is 11.8 Å². The first kappa shape index (κ1) is 24.2. The Bertz CT molecular complexity index is 1330. The maximum Gasteiger partial charge on any atom is 0.258 e. The summed E-state index contributed by atoms with van der Waals surface area (Å²) < 4.78 is 0. The van der Waals surface area contributed by atoms with Crippen LogP contribution in [0.5, 0.6) is 0 Å². The molecular formula is C26H21Cl2N5O2. The number of pyridine rings is 2. The SMILES string of the molecule is CN(Cc1ccc(C(=O)Nc2ccc(Cl)cc2C(=O)Nc2ccc(Cl)cn2)cc1)c1ccccn1. The van der Waals surface area contributed by atoms with Crippen molar-refractivity contribution in [2.75, 3.05) is 22.6 Å². The number of halogens is 2. The molecule has 176 valence electrons. The number of nitrogens with one attached hydrogen (secondary N) is 2. The number of rotatable bonds is 7. The number of hydrogen-bond acceptors (Lipinski definition) is 5. The van der Waals surface area contributed by atoms with Crippen molar-refractivity contribution in [1.29, 1.82) is 0 Å². The van der Waals surface area contributed by atoms with Crippen LogP contribution in [0.3, 0.4) is 0 Å². The van der Waals surface area contributed by atoms with Crippen molar-refractivity contribution >= 4 is 52.3 Å². The molecule has 4 rings (SSSR count). The number of nitrogens with zero attached hydrogens (tertiary/aromatic N) is 3. The van der Waals surface area contributed by atoms with Gasteiger partial charge in [0.1, 0.15) is 11.6 Å². The van der Waals surface area contributed by atoms with Gasteiger partial charge in [0.2, 0.25) is 0 Å². The largest absolute Gasteiger partial charge is 0.355 e. The highest BCUT2D eigenvalue weighted by Crippen LogP contribution is 2.23. The van der Waals surface area contributed by atoms with Crippen LogP contribution in [0.4, 0.5) is 17.3 Å². The lowest BCUT2D eigenvalue weighted by atomic mass is 10.1. The van der Waals surface area contributed by atoms with Gasteiger partial charge in [-0.2, -0.15) is 0 Å². The van der Waals surface area contributed by atoms with E-state index in [4.69, 9.17) is 23.2 Å². The van der Waals surface area contributed by atoms with Crippen LogP contribution in [0.15, 0.2) is 85.2 Å². The Morgan fingerprint density at radius 3 is 2.31 bits per heavy atom. The van der Waals surface area contributed by atoms with Gasteiger partial charge in [-0.05, 0) is 60.2 Å². The van der Waals surface area contributed by atoms with Gasteiger partial charge >= 0.3 is 0 Å². The minimum absolute atomic E-state index is 0.205. The van der Waals surface area contributed by atoms with Crippen molar-refractivity contribution in [3.05, 3.63) is 112 Å². The normalized spacial score (nSPS) is 10.5. The van der Waals surface area contributed by atoms with Crippen molar-refractivity contribution < 1.29 is 9.59 Å².